The number of benzene rings is 3. The minimum atomic E-state index is 0.190. The molecule has 0 aliphatic carbocycles. The summed E-state index contributed by atoms with van der Waals surface area (Å²) in [5.74, 6) is 1.58. The summed E-state index contributed by atoms with van der Waals surface area (Å²) in [6.07, 6.45) is 0. The number of para-hydroxylation sites is 2. The molecule has 0 amide bonds. The summed E-state index contributed by atoms with van der Waals surface area (Å²) in [5, 5.41) is 15.1. The highest BCUT2D eigenvalue weighted by atomic mass is 16.5. The number of aromatic nitrogens is 2. The smallest absolute Gasteiger partial charge is 0.125 e. The Hall–Kier alpha value is -3.73. The number of nitrogens with zero attached hydrogens (tertiary/aromatic N) is 2. The number of methoxy groups -OCH3 is 2. The topological polar surface area (TPSA) is 56.5 Å². The Morgan fingerprint density at radius 2 is 1.43 bits per heavy atom. The molecule has 4 aromatic rings. The van der Waals surface area contributed by atoms with Gasteiger partial charge in [-0.05, 0) is 42.5 Å². The zero-order valence-electron chi connectivity index (χ0n) is 15.7. The summed E-state index contributed by atoms with van der Waals surface area (Å²) in [6, 6.07) is 24.7. The monoisotopic (exact) mass is 372 g/mol. The summed E-state index contributed by atoms with van der Waals surface area (Å²) in [4.78, 5) is 0. The average Bonchev–Trinajstić information content (AvgIpc) is 3.19. The SMILES string of the molecule is COc1cc(OC)cc(-c2cc(-c3ccccc3O)nn2-c2ccccc2)c1. The third-order valence-corrected chi connectivity index (χ3v) is 4.54. The van der Waals surface area contributed by atoms with Crippen LogP contribution in [0.15, 0.2) is 78.9 Å². The molecule has 0 saturated carbocycles. The molecule has 140 valence electrons. The van der Waals surface area contributed by atoms with Crippen LogP contribution in [-0.2, 0) is 0 Å². The van der Waals surface area contributed by atoms with Crippen molar-refractivity contribution in [1.82, 2.24) is 9.78 Å². The van der Waals surface area contributed by atoms with Crippen LogP contribution in [0.1, 0.15) is 0 Å². The van der Waals surface area contributed by atoms with Crippen LogP contribution in [-0.4, -0.2) is 29.1 Å². The van der Waals surface area contributed by atoms with Crippen molar-refractivity contribution < 1.29 is 14.6 Å². The standard InChI is InChI=1S/C23H20N2O3/c1-27-18-12-16(13-19(14-18)28-2)22-15-21(20-10-6-7-11-23(20)26)24-25(22)17-8-4-3-5-9-17/h3-15,26H,1-2H3. The van der Waals surface area contributed by atoms with Gasteiger partial charge in [-0.1, -0.05) is 30.3 Å². The van der Waals surface area contributed by atoms with Crippen LogP contribution < -0.4 is 9.47 Å². The van der Waals surface area contributed by atoms with Crippen LogP contribution in [0, 0.1) is 0 Å². The molecule has 5 nitrogen and oxygen atoms in total. The lowest BCUT2D eigenvalue weighted by Gasteiger charge is -2.11. The molecule has 3 aromatic carbocycles. The summed E-state index contributed by atoms with van der Waals surface area (Å²) in [5.41, 5.74) is 4.03. The molecule has 0 fully saturated rings. The zero-order valence-corrected chi connectivity index (χ0v) is 15.7. The molecule has 0 unspecified atom stereocenters. The first-order chi connectivity index (χ1) is 13.7. The molecule has 0 atom stereocenters. The lowest BCUT2D eigenvalue weighted by atomic mass is 10.1. The first kappa shape index (κ1) is 17.7. The predicted octanol–water partition coefficient (Wildman–Crippen LogP) is 4.93. The number of ether oxygens (including phenoxy) is 2. The highest BCUT2D eigenvalue weighted by Crippen LogP contribution is 2.35. The van der Waals surface area contributed by atoms with Crippen molar-refractivity contribution in [3.8, 4) is 45.5 Å². The Bertz CT molecular complexity index is 1080. The fraction of sp³-hybridized carbons (Fsp3) is 0.0870. The molecule has 28 heavy (non-hydrogen) atoms. The molecule has 1 N–H and O–H groups in total. The van der Waals surface area contributed by atoms with E-state index in [1.54, 1.807) is 26.4 Å². The van der Waals surface area contributed by atoms with E-state index in [0.717, 1.165) is 16.9 Å². The second-order valence-corrected chi connectivity index (χ2v) is 6.28. The summed E-state index contributed by atoms with van der Waals surface area (Å²) < 4.78 is 12.7. The van der Waals surface area contributed by atoms with E-state index in [-0.39, 0.29) is 5.75 Å². The van der Waals surface area contributed by atoms with Crippen LogP contribution in [0.2, 0.25) is 0 Å². The molecule has 1 aromatic heterocycles. The lowest BCUT2D eigenvalue weighted by Crippen LogP contribution is -1.99. The van der Waals surface area contributed by atoms with E-state index in [1.807, 2.05) is 71.4 Å². The van der Waals surface area contributed by atoms with Crippen molar-refractivity contribution in [2.75, 3.05) is 14.2 Å². The Morgan fingerprint density at radius 3 is 2.07 bits per heavy atom. The van der Waals surface area contributed by atoms with Gasteiger partial charge in [0.05, 0.1) is 31.3 Å². The molecule has 1 heterocycles. The van der Waals surface area contributed by atoms with Crippen LogP contribution in [0.25, 0.3) is 28.2 Å². The van der Waals surface area contributed by atoms with E-state index in [2.05, 4.69) is 0 Å². The molecule has 0 aliphatic heterocycles. The number of hydrogen-bond acceptors (Lipinski definition) is 4. The number of rotatable bonds is 5. The van der Waals surface area contributed by atoms with Gasteiger partial charge in [-0.25, -0.2) is 4.68 Å². The molecule has 0 spiro atoms. The first-order valence-corrected chi connectivity index (χ1v) is 8.87. The van der Waals surface area contributed by atoms with Crippen LogP contribution in [0.5, 0.6) is 17.2 Å². The van der Waals surface area contributed by atoms with Crippen molar-refractivity contribution in [2.45, 2.75) is 0 Å². The van der Waals surface area contributed by atoms with Gasteiger partial charge in [0.25, 0.3) is 0 Å². The van der Waals surface area contributed by atoms with E-state index < -0.39 is 0 Å². The van der Waals surface area contributed by atoms with Crippen LogP contribution in [0.3, 0.4) is 0 Å². The molecule has 5 heteroatoms. The fourth-order valence-corrected chi connectivity index (χ4v) is 3.13. The minimum Gasteiger partial charge on any atom is -0.507 e. The number of phenolic OH excluding ortho intramolecular Hbond substituents is 1. The van der Waals surface area contributed by atoms with Gasteiger partial charge in [-0.2, -0.15) is 5.10 Å². The maximum atomic E-state index is 10.3. The first-order valence-electron chi connectivity index (χ1n) is 8.87. The molecular weight excluding hydrogens is 352 g/mol. The largest absolute Gasteiger partial charge is 0.507 e. The third kappa shape index (κ3) is 3.30. The van der Waals surface area contributed by atoms with Gasteiger partial charge in [-0.3, -0.25) is 0 Å². The Kier molecular flexibility index (Phi) is 4.72. The van der Waals surface area contributed by atoms with E-state index >= 15 is 0 Å². The quantitative estimate of drug-likeness (QED) is 0.540. The van der Waals surface area contributed by atoms with Gasteiger partial charge in [-0.15, -0.1) is 0 Å². The molecule has 0 aliphatic rings. The third-order valence-electron chi connectivity index (χ3n) is 4.54. The van der Waals surface area contributed by atoms with Gasteiger partial charge in [0, 0.05) is 17.2 Å². The van der Waals surface area contributed by atoms with E-state index in [1.165, 1.54) is 0 Å². The minimum absolute atomic E-state index is 0.190. The maximum Gasteiger partial charge on any atom is 0.125 e. The number of aromatic hydroxyl groups is 1. The van der Waals surface area contributed by atoms with E-state index in [0.29, 0.717) is 22.8 Å². The Morgan fingerprint density at radius 1 is 0.786 bits per heavy atom. The highest BCUT2D eigenvalue weighted by Gasteiger charge is 2.16. The van der Waals surface area contributed by atoms with Crippen molar-refractivity contribution in [3.63, 3.8) is 0 Å². The molecule has 0 saturated heterocycles. The Balaban J connectivity index is 1.95. The predicted molar refractivity (Wildman–Crippen MR) is 109 cm³/mol. The molecule has 0 bridgehead atoms. The van der Waals surface area contributed by atoms with Gasteiger partial charge in [0.1, 0.15) is 17.2 Å². The summed E-state index contributed by atoms with van der Waals surface area (Å²) >= 11 is 0. The zero-order chi connectivity index (χ0) is 19.5. The molecule has 0 radical (unpaired) electrons. The number of hydrogen-bond donors (Lipinski definition) is 1. The van der Waals surface area contributed by atoms with Crippen molar-refractivity contribution in [2.24, 2.45) is 0 Å². The second-order valence-electron chi connectivity index (χ2n) is 6.28. The van der Waals surface area contributed by atoms with Crippen LogP contribution >= 0.6 is 0 Å². The second kappa shape index (κ2) is 7.48. The van der Waals surface area contributed by atoms with Gasteiger partial charge in [0.2, 0.25) is 0 Å². The van der Waals surface area contributed by atoms with Crippen molar-refractivity contribution in [1.29, 1.82) is 0 Å². The summed E-state index contributed by atoms with van der Waals surface area (Å²) in [7, 11) is 3.25. The van der Waals surface area contributed by atoms with Gasteiger partial charge < -0.3 is 14.6 Å². The van der Waals surface area contributed by atoms with Crippen LogP contribution in [0.4, 0.5) is 0 Å². The van der Waals surface area contributed by atoms with Crippen molar-refractivity contribution in [3.05, 3.63) is 78.9 Å². The van der Waals surface area contributed by atoms with E-state index in [9.17, 15) is 5.11 Å². The number of phenols is 1. The van der Waals surface area contributed by atoms with Crippen molar-refractivity contribution >= 4 is 0 Å². The fourth-order valence-electron chi connectivity index (χ4n) is 3.13. The molecular formula is C23H20N2O3. The normalized spacial score (nSPS) is 10.6. The lowest BCUT2D eigenvalue weighted by molar-refractivity contribution is 0.394. The van der Waals surface area contributed by atoms with E-state index in [4.69, 9.17) is 14.6 Å². The van der Waals surface area contributed by atoms with Gasteiger partial charge in [0.15, 0.2) is 0 Å². The maximum absolute atomic E-state index is 10.3. The van der Waals surface area contributed by atoms with Gasteiger partial charge >= 0.3 is 0 Å². The highest BCUT2D eigenvalue weighted by molar-refractivity contribution is 5.74. The average molecular weight is 372 g/mol. The Labute approximate surface area is 163 Å². The molecule has 4 rings (SSSR count). The summed E-state index contributed by atoms with van der Waals surface area (Å²) in [6.45, 7) is 0.